The third-order valence-electron chi connectivity index (χ3n) is 4.87. The Balaban J connectivity index is 1.52. The van der Waals surface area contributed by atoms with Crippen molar-refractivity contribution in [1.82, 2.24) is 5.32 Å². The molecule has 0 spiro atoms. The van der Waals surface area contributed by atoms with Crippen LogP contribution in [0.4, 0.5) is 0 Å². The standard InChI is InChI=1S/C19H21N/c1-13-6-7-14-8-9-19(18(14)10-13)20-17-11-15-4-2-3-5-16(15)12-17/h2-7,10,17,19-20H,8-9,11-12H2,1H3. The van der Waals surface area contributed by atoms with E-state index in [2.05, 4.69) is 54.7 Å². The molecule has 1 N–H and O–H groups in total. The van der Waals surface area contributed by atoms with E-state index in [1.54, 1.807) is 11.1 Å². The first kappa shape index (κ1) is 12.2. The molecule has 4 rings (SSSR count). The number of hydrogen-bond donors (Lipinski definition) is 1. The Hall–Kier alpha value is -1.60. The Morgan fingerprint density at radius 2 is 1.70 bits per heavy atom. The molecule has 0 radical (unpaired) electrons. The second kappa shape index (κ2) is 4.75. The van der Waals surface area contributed by atoms with Crippen LogP contribution in [0.1, 0.15) is 40.3 Å². The Morgan fingerprint density at radius 3 is 2.45 bits per heavy atom. The molecule has 2 aromatic rings. The molecule has 0 saturated carbocycles. The van der Waals surface area contributed by atoms with Gasteiger partial charge >= 0.3 is 0 Å². The topological polar surface area (TPSA) is 12.0 Å². The van der Waals surface area contributed by atoms with Crippen LogP contribution in [-0.4, -0.2) is 6.04 Å². The van der Waals surface area contributed by atoms with Crippen molar-refractivity contribution in [2.75, 3.05) is 0 Å². The highest BCUT2D eigenvalue weighted by Gasteiger charge is 2.27. The largest absolute Gasteiger partial charge is 0.306 e. The molecule has 2 aliphatic carbocycles. The maximum atomic E-state index is 3.91. The molecule has 0 heterocycles. The molecule has 2 aromatic carbocycles. The summed E-state index contributed by atoms with van der Waals surface area (Å²) < 4.78 is 0. The molecule has 1 atom stereocenters. The first-order valence-electron chi connectivity index (χ1n) is 7.72. The molecule has 0 amide bonds. The summed E-state index contributed by atoms with van der Waals surface area (Å²) in [6.07, 6.45) is 4.86. The first-order valence-corrected chi connectivity index (χ1v) is 7.72. The summed E-state index contributed by atoms with van der Waals surface area (Å²) in [4.78, 5) is 0. The van der Waals surface area contributed by atoms with Crippen LogP contribution >= 0.6 is 0 Å². The first-order chi connectivity index (χ1) is 9.79. The number of aryl methyl sites for hydroxylation is 2. The Bertz CT molecular complexity index is 619. The van der Waals surface area contributed by atoms with Gasteiger partial charge in [-0.2, -0.15) is 0 Å². The average molecular weight is 263 g/mol. The van der Waals surface area contributed by atoms with Crippen molar-refractivity contribution < 1.29 is 0 Å². The van der Waals surface area contributed by atoms with Gasteiger partial charge in [0, 0.05) is 12.1 Å². The van der Waals surface area contributed by atoms with Crippen LogP contribution in [-0.2, 0) is 19.3 Å². The molecule has 0 saturated heterocycles. The van der Waals surface area contributed by atoms with E-state index in [-0.39, 0.29) is 0 Å². The van der Waals surface area contributed by atoms with E-state index in [1.807, 2.05) is 0 Å². The van der Waals surface area contributed by atoms with Crippen molar-refractivity contribution in [2.45, 2.75) is 44.7 Å². The zero-order chi connectivity index (χ0) is 13.5. The van der Waals surface area contributed by atoms with Crippen molar-refractivity contribution in [3.63, 3.8) is 0 Å². The Morgan fingerprint density at radius 1 is 0.950 bits per heavy atom. The van der Waals surface area contributed by atoms with Gasteiger partial charge in [-0.3, -0.25) is 0 Å². The van der Waals surface area contributed by atoms with E-state index < -0.39 is 0 Å². The van der Waals surface area contributed by atoms with Gasteiger partial charge in [0.25, 0.3) is 0 Å². The molecule has 102 valence electrons. The third kappa shape index (κ3) is 2.06. The van der Waals surface area contributed by atoms with Crippen LogP contribution in [0.2, 0.25) is 0 Å². The summed E-state index contributed by atoms with van der Waals surface area (Å²) in [5.41, 5.74) is 7.54. The van der Waals surface area contributed by atoms with E-state index >= 15 is 0 Å². The highest BCUT2D eigenvalue weighted by atomic mass is 15.0. The molecule has 20 heavy (non-hydrogen) atoms. The zero-order valence-electron chi connectivity index (χ0n) is 12.0. The van der Waals surface area contributed by atoms with Crippen molar-refractivity contribution in [3.05, 3.63) is 70.3 Å². The quantitative estimate of drug-likeness (QED) is 0.870. The highest BCUT2D eigenvalue weighted by Crippen LogP contribution is 2.33. The predicted octanol–water partition coefficient (Wildman–Crippen LogP) is 3.74. The van der Waals surface area contributed by atoms with Crippen LogP contribution in [0, 0.1) is 6.92 Å². The number of benzene rings is 2. The summed E-state index contributed by atoms with van der Waals surface area (Å²) in [6.45, 7) is 2.20. The fraction of sp³-hybridized carbons (Fsp3) is 0.368. The van der Waals surface area contributed by atoms with Crippen LogP contribution in [0.15, 0.2) is 42.5 Å². The third-order valence-corrected chi connectivity index (χ3v) is 4.87. The summed E-state index contributed by atoms with van der Waals surface area (Å²) in [7, 11) is 0. The van der Waals surface area contributed by atoms with Gasteiger partial charge in [0.05, 0.1) is 0 Å². The van der Waals surface area contributed by atoms with E-state index in [0.717, 1.165) is 0 Å². The van der Waals surface area contributed by atoms with Gasteiger partial charge in [0.1, 0.15) is 0 Å². The van der Waals surface area contributed by atoms with E-state index in [0.29, 0.717) is 12.1 Å². The molecule has 0 aromatic heterocycles. The molecule has 1 unspecified atom stereocenters. The summed E-state index contributed by atoms with van der Waals surface area (Å²) in [5.74, 6) is 0. The summed E-state index contributed by atoms with van der Waals surface area (Å²) in [6, 6.07) is 17.0. The second-order valence-electron chi connectivity index (χ2n) is 6.33. The van der Waals surface area contributed by atoms with E-state index in [4.69, 9.17) is 0 Å². The van der Waals surface area contributed by atoms with Gasteiger partial charge in [-0.1, -0.05) is 48.0 Å². The van der Waals surface area contributed by atoms with Crippen molar-refractivity contribution in [2.24, 2.45) is 0 Å². The molecule has 0 bridgehead atoms. The van der Waals surface area contributed by atoms with Crippen LogP contribution < -0.4 is 5.32 Å². The Kier molecular flexibility index (Phi) is 2.89. The zero-order valence-corrected chi connectivity index (χ0v) is 12.0. The van der Waals surface area contributed by atoms with Gasteiger partial charge in [-0.25, -0.2) is 0 Å². The van der Waals surface area contributed by atoms with E-state index in [9.17, 15) is 0 Å². The van der Waals surface area contributed by atoms with Crippen LogP contribution in [0.25, 0.3) is 0 Å². The lowest BCUT2D eigenvalue weighted by molar-refractivity contribution is 0.443. The Labute approximate surface area is 121 Å². The van der Waals surface area contributed by atoms with Crippen molar-refractivity contribution in [1.29, 1.82) is 0 Å². The van der Waals surface area contributed by atoms with Gasteiger partial charge in [0.2, 0.25) is 0 Å². The summed E-state index contributed by atoms with van der Waals surface area (Å²) >= 11 is 0. The maximum absolute atomic E-state index is 3.91. The van der Waals surface area contributed by atoms with Crippen molar-refractivity contribution in [3.8, 4) is 0 Å². The minimum absolute atomic E-state index is 0.559. The monoisotopic (exact) mass is 263 g/mol. The van der Waals surface area contributed by atoms with Gasteiger partial charge < -0.3 is 5.32 Å². The minimum atomic E-state index is 0.559. The molecule has 0 fully saturated rings. The smallest absolute Gasteiger partial charge is 0.0328 e. The SMILES string of the molecule is Cc1ccc2c(c1)C(NC1Cc3ccccc3C1)CC2. The average Bonchev–Trinajstić information content (AvgIpc) is 3.03. The normalized spacial score (nSPS) is 20.9. The number of nitrogens with one attached hydrogen (secondary N) is 1. The van der Waals surface area contributed by atoms with E-state index in [1.165, 1.54) is 42.4 Å². The number of fused-ring (bicyclic) bond motifs is 2. The lowest BCUT2D eigenvalue weighted by Crippen LogP contribution is -2.32. The highest BCUT2D eigenvalue weighted by molar-refractivity contribution is 5.38. The molecular formula is C19H21N. The lowest BCUT2D eigenvalue weighted by Gasteiger charge is -2.20. The lowest BCUT2D eigenvalue weighted by atomic mass is 10.0. The second-order valence-corrected chi connectivity index (χ2v) is 6.33. The molecule has 1 nitrogen and oxygen atoms in total. The summed E-state index contributed by atoms with van der Waals surface area (Å²) in [5, 5.41) is 3.91. The van der Waals surface area contributed by atoms with Crippen LogP contribution in [0.5, 0.6) is 0 Å². The number of hydrogen-bond acceptors (Lipinski definition) is 1. The van der Waals surface area contributed by atoms with Crippen molar-refractivity contribution >= 4 is 0 Å². The van der Waals surface area contributed by atoms with Crippen LogP contribution in [0.3, 0.4) is 0 Å². The molecular weight excluding hydrogens is 242 g/mol. The number of rotatable bonds is 2. The van der Waals surface area contributed by atoms with Gasteiger partial charge in [-0.05, 0) is 54.9 Å². The van der Waals surface area contributed by atoms with Gasteiger partial charge in [-0.15, -0.1) is 0 Å². The fourth-order valence-electron chi connectivity index (χ4n) is 3.86. The molecule has 1 heteroatoms. The fourth-order valence-corrected chi connectivity index (χ4v) is 3.86. The molecule has 2 aliphatic rings. The molecule has 0 aliphatic heterocycles. The maximum Gasteiger partial charge on any atom is 0.0328 e. The minimum Gasteiger partial charge on any atom is -0.306 e. The van der Waals surface area contributed by atoms with Gasteiger partial charge in [0.15, 0.2) is 0 Å². The predicted molar refractivity (Wildman–Crippen MR) is 83.0 cm³/mol.